The number of carboxylic acids is 1. The molecule has 0 aliphatic carbocycles. The third kappa shape index (κ3) is 4.77. The summed E-state index contributed by atoms with van der Waals surface area (Å²) in [6.07, 6.45) is 0. The van der Waals surface area contributed by atoms with Crippen LogP contribution in [0.1, 0.15) is 26.3 Å². The SMILES string of the molecule is COC(=O)c1cc(Oc2nc3cc(-c4ccc(-c5ccc(C(=O)O)cc5)cc4)c(F)cc3[nH]2)ccc1C. The third-order valence-corrected chi connectivity index (χ3v) is 6.04. The number of benzene rings is 4. The molecule has 2 N–H and O–H groups in total. The highest BCUT2D eigenvalue weighted by Crippen LogP contribution is 2.31. The van der Waals surface area contributed by atoms with Crippen molar-refractivity contribution in [2.75, 3.05) is 7.11 Å². The molecule has 184 valence electrons. The summed E-state index contributed by atoms with van der Waals surface area (Å²) < 4.78 is 25.6. The molecule has 1 heterocycles. The van der Waals surface area contributed by atoms with E-state index in [9.17, 15) is 9.59 Å². The fourth-order valence-corrected chi connectivity index (χ4v) is 4.03. The lowest BCUT2D eigenvalue weighted by Gasteiger charge is -2.07. The van der Waals surface area contributed by atoms with Crippen LogP contribution in [0.5, 0.6) is 11.8 Å². The van der Waals surface area contributed by atoms with Crippen LogP contribution >= 0.6 is 0 Å². The molecule has 0 atom stereocenters. The number of carboxylic acid groups (broad SMARTS) is 1. The van der Waals surface area contributed by atoms with E-state index < -0.39 is 17.8 Å². The topological polar surface area (TPSA) is 102 Å². The Balaban J connectivity index is 1.41. The van der Waals surface area contributed by atoms with Crippen LogP contribution in [0, 0.1) is 12.7 Å². The number of fused-ring (bicyclic) bond motifs is 1. The quantitative estimate of drug-likeness (QED) is 0.256. The van der Waals surface area contributed by atoms with Gasteiger partial charge in [0.15, 0.2) is 0 Å². The second-order valence-corrected chi connectivity index (χ2v) is 8.42. The van der Waals surface area contributed by atoms with Crippen LogP contribution < -0.4 is 4.74 Å². The second-order valence-electron chi connectivity index (χ2n) is 8.42. The van der Waals surface area contributed by atoms with Gasteiger partial charge < -0.3 is 19.6 Å². The van der Waals surface area contributed by atoms with E-state index in [4.69, 9.17) is 14.6 Å². The first-order valence-electron chi connectivity index (χ1n) is 11.3. The summed E-state index contributed by atoms with van der Waals surface area (Å²) in [6.45, 7) is 1.79. The summed E-state index contributed by atoms with van der Waals surface area (Å²) >= 11 is 0. The molecule has 4 aromatic carbocycles. The van der Waals surface area contributed by atoms with Gasteiger partial charge in [0.1, 0.15) is 11.6 Å². The number of nitrogens with one attached hydrogen (secondary N) is 1. The number of aromatic carboxylic acids is 1. The molecule has 0 unspecified atom stereocenters. The fourth-order valence-electron chi connectivity index (χ4n) is 4.03. The predicted octanol–water partition coefficient (Wildman–Crippen LogP) is 6.62. The van der Waals surface area contributed by atoms with Crippen molar-refractivity contribution < 1.29 is 28.6 Å². The lowest BCUT2D eigenvalue weighted by atomic mass is 9.99. The Kier molecular flexibility index (Phi) is 6.15. The molecule has 0 saturated heterocycles. The predicted molar refractivity (Wildman–Crippen MR) is 136 cm³/mol. The number of methoxy groups -OCH3 is 1. The Morgan fingerprint density at radius 2 is 1.54 bits per heavy atom. The van der Waals surface area contributed by atoms with E-state index in [1.807, 2.05) is 12.1 Å². The number of hydrogen-bond donors (Lipinski definition) is 2. The van der Waals surface area contributed by atoms with Crippen LogP contribution in [0.2, 0.25) is 0 Å². The molecule has 7 nitrogen and oxygen atoms in total. The summed E-state index contributed by atoms with van der Waals surface area (Å²) in [5.41, 5.74) is 5.09. The van der Waals surface area contributed by atoms with Gasteiger partial charge in [-0.05, 0) is 59.5 Å². The Hall–Kier alpha value is -4.98. The van der Waals surface area contributed by atoms with Gasteiger partial charge in [0, 0.05) is 11.6 Å². The van der Waals surface area contributed by atoms with Crippen LogP contribution in [0.15, 0.2) is 78.9 Å². The minimum Gasteiger partial charge on any atom is -0.478 e. The molecule has 0 aliphatic rings. The number of imidazole rings is 1. The Bertz CT molecular complexity index is 1640. The van der Waals surface area contributed by atoms with Crippen molar-refractivity contribution in [3.8, 4) is 34.0 Å². The van der Waals surface area contributed by atoms with Crippen molar-refractivity contribution in [3.63, 3.8) is 0 Å². The average Bonchev–Trinajstić information content (AvgIpc) is 3.29. The summed E-state index contributed by atoms with van der Waals surface area (Å²) in [7, 11) is 1.31. The number of carbonyl (C=O) groups is 2. The zero-order chi connectivity index (χ0) is 26.1. The van der Waals surface area contributed by atoms with Gasteiger partial charge in [-0.1, -0.05) is 42.5 Å². The van der Waals surface area contributed by atoms with Gasteiger partial charge in [0.25, 0.3) is 6.01 Å². The summed E-state index contributed by atoms with van der Waals surface area (Å²) in [6, 6.07) is 22.0. The Morgan fingerprint density at radius 3 is 2.19 bits per heavy atom. The molecule has 0 radical (unpaired) electrons. The number of aryl methyl sites for hydroxylation is 1. The molecular weight excluding hydrogens is 475 g/mol. The van der Waals surface area contributed by atoms with E-state index in [0.717, 1.165) is 16.7 Å². The molecule has 0 saturated carbocycles. The summed E-state index contributed by atoms with van der Waals surface area (Å²) in [4.78, 5) is 30.4. The lowest BCUT2D eigenvalue weighted by molar-refractivity contribution is 0.0598. The zero-order valence-electron chi connectivity index (χ0n) is 19.9. The summed E-state index contributed by atoms with van der Waals surface area (Å²) in [5.74, 6) is -1.49. The van der Waals surface area contributed by atoms with Crippen molar-refractivity contribution in [1.29, 1.82) is 0 Å². The molecular formula is C29H21FN2O5. The number of carbonyl (C=O) groups excluding carboxylic acids is 1. The number of ether oxygens (including phenoxy) is 2. The van der Waals surface area contributed by atoms with Gasteiger partial charge in [0.05, 0.1) is 29.3 Å². The van der Waals surface area contributed by atoms with Crippen molar-refractivity contribution in [2.24, 2.45) is 0 Å². The van der Waals surface area contributed by atoms with E-state index >= 15 is 4.39 Å². The molecule has 1 aromatic heterocycles. The number of nitrogens with zero attached hydrogens (tertiary/aromatic N) is 1. The number of rotatable bonds is 6. The van der Waals surface area contributed by atoms with E-state index in [0.29, 0.717) is 33.5 Å². The van der Waals surface area contributed by atoms with Gasteiger partial charge in [0.2, 0.25) is 0 Å². The minimum absolute atomic E-state index is 0.159. The van der Waals surface area contributed by atoms with Crippen LogP contribution in [0.25, 0.3) is 33.3 Å². The van der Waals surface area contributed by atoms with Crippen molar-refractivity contribution in [2.45, 2.75) is 6.92 Å². The maximum atomic E-state index is 15.0. The standard InChI is InChI=1S/C29H21FN2O5/c1-16-3-12-21(13-22(16)28(35)36-2)37-29-31-25-14-23(24(30)15-26(25)32-29)19-8-4-17(5-9-19)18-6-10-20(11-7-18)27(33)34/h3-15H,1-2H3,(H,31,32)(H,33,34). The first-order valence-corrected chi connectivity index (χ1v) is 11.3. The van der Waals surface area contributed by atoms with Gasteiger partial charge in [-0.25, -0.2) is 14.0 Å². The average molecular weight is 496 g/mol. The second kappa shape index (κ2) is 9.58. The smallest absolute Gasteiger partial charge is 0.338 e. The molecule has 37 heavy (non-hydrogen) atoms. The minimum atomic E-state index is -0.982. The van der Waals surface area contributed by atoms with Gasteiger partial charge in [-0.15, -0.1) is 0 Å². The van der Waals surface area contributed by atoms with E-state index in [1.165, 1.54) is 13.2 Å². The van der Waals surface area contributed by atoms with Crippen LogP contribution in [-0.4, -0.2) is 34.1 Å². The highest BCUT2D eigenvalue weighted by molar-refractivity contribution is 5.91. The number of hydrogen-bond acceptors (Lipinski definition) is 5. The molecule has 8 heteroatoms. The molecule has 0 spiro atoms. The third-order valence-electron chi connectivity index (χ3n) is 6.04. The normalized spacial score (nSPS) is 10.9. The largest absolute Gasteiger partial charge is 0.478 e. The van der Waals surface area contributed by atoms with Crippen LogP contribution in [0.3, 0.4) is 0 Å². The number of aromatic amines is 1. The molecule has 5 aromatic rings. The number of H-pyrrole nitrogens is 1. The van der Waals surface area contributed by atoms with Crippen molar-refractivity contribution in [3.05, 3.63) is 101 Å². The Labute approximate surface area is 211 Å². The van der Waals surface area contributed by atoms with Gasteiger partial charge in [-0.2, -0.15) is 4.98 Å². The van der Waals surface area contributed by atoms with E-state index in [-0.39, 0.29) is 11.6 Å². The highest BCUT2D eigenvalue weighted by Gasteiger charge is 2.14. The maximum absolute atomic E-state index is 15.0. The molecule has 5 rings (SSSR count). The van der Waals surface area contributed by atoms with E-state index in [2.05, 4.69) is 9.97 Å². The van der Waals surface area contributed by atoms with Crippen molar-refractivity contribution in [1.82, 2.24) is 9.97 Å². The molecule has 0 aliphatic heterocycles. The lowest BCUT2D eigenvalue weighted by Crippen LogP contribution is -2.04. The maximum Gasteiger partial charge on any atom is 0.338 e. The Morgan fingerprint density at radius 1 is 0.892 bits per heavy atom. The van der Waals surface area contributed by atoms with Gasteiger partial charge >= 0.3 is 11.9 Å². The molecule has 0 amide bonds. The highest BCUT2D eigenvalue weighted by atomic mass is 19.1. The zero-order valence-corrected chi connectivity index (χ0v) is 19.9. The molecule has 0 fully saturated rings. The van der Waals surface area contributed by atoms with Crippen LogP contribution in [-0.2, 0) is 4.74 Å². The summed E-state index contributed by atoms with van der Waals surface area (Å²) in [5, 5.41) is 9.07. The van der Waals surface area contributed by atoms with Gasteiger partial charge in [-0.3, -0.25) is 0 Å². The molecule has 0 bridgehead atoms. The first kappa shape index (κ1) is 23.7. The van der Waals surface area contributed by atoms with Crippen molar-refractivity contribution >= 4 is 23.0 Å². The van der Waals surface area contributed by atoms with Crippen LogP contribution in [0.4, 0.5) is 4.39 Å². The number of aromatic nitrogens is 2. The fraction of sp³-hybridized carbons (Fsp3) is 0.0690. The monoisotopic (exact) mass is 496 g/mol. The first-order chi connectivity index (χ1) is 17.8. The van der Waals surface area contributed by atoms with E-state index in [1.54, 1.807) is 67.6 Å². The number of halogens is 1. The number of esters is 1.